The van der Waals surface area contributed by atoms with Gasteiger partial charge < -0.3 is 19.5 Å². The van der Waals surface area contributed by atoms with Crippen LogP contribution >= 0.6 is 0 Å². The lowest BCUT2D eigenvalue weighted by Gasteiger charge is -2.20. The quantitative estimate of drug-likeness (QED) is 0.0735. The molecule has 0 aromatic heterocycles. The fraction of sp³-hybridized carbons (Fsp3) is 0. The molecule has 0 aliphatic heterocycles. The van der Waals surface area contributed by atoms with Crippen LogP contribution in [-0.2, 0) is 14.9 Å². The van der Waals surface area contributed by atoms with Crippen molar-refractivity contribution in [2.45, 2.75) is 4.90 Å². The van der Waals surface area contributed by atoms with Crippen molar-refractivity contribution >= 4 is 33.2 Å². The van der Waals surface area contributed by atoms with Crippen LogP contribution < -0.4 is 4.18 Å². The fourth-order valence-corrected chi connectivity index (χ4v) is 4.85. The Labute approximate surface area is 217 Å². The highest BCUT2D eigenvalue weighted by atomic mass is 32.2. The van der Waals surface area contributed by atoms with Crippen LogP contribution in [0.1, 0.15) is 31.8 Å². The van der Waals surface area contributed by atoms with Gasteiger partial charge in [-0.3, -0.25) is 14.4 Å². The van der Waals surface area contributed by atoms with E-state index in [1.165, 1.54) is 18.2 Å². The molecule has 15 nitrogen and oxygen atoms in total. The van der Waals surface area contributed by atoms with Gasteiger partial charge in [0.25, 0.3) is 0 Å². The van der Waals surface area contributed by atoms with Gasteiger partial charge in [0.1, 0.15) is 10.6 Å². The van der Waals surface area contributed by atoms with Crippen molar-refractivity contribution in [3.8, 4) is 23.0 Å². The van der Waals surface area contributed by atoms with Crippen LogP contribution in [0.4, 0.5) is 0 Å². The summed E-state index contributed by atoms with van der Waals surface area (Å²) >= 11 is 0. The number of carbonyl (C=O) groups excluding carboxylic acids is 3. The molecule has 0 radical (unpaired) electrons. The minimum Gasteiger partial charge on any atom is -0.508 e. The molecule has 0 saturated carbocycles. The van der Waals surface area contributed by atoms with Crippen LogP contribution in [0.2, 0.25) is 0 Å². The monoisotopic (exact) mass is 548 g/mol. The highest BCUT2D eigenvalue weighted by Gasteiger charge is 2.37. The van der Waals surface area contributed by atoms with Crippen molar-refractivity contribution in [3.63, 3.8) is 0 Å². The van der Waals surface area contributed by atoms with Gasteiger partial charge in [0.2, 0.25) is 17.3 Å². The van der Waals surface area contributed by atoms with Gasteiger partial charge in [-0.1, -0.05) is 34.5 Å². The summed E-state index contributed by atoms with van der Waals surface area (Å²) in [4.78, 5) is 41.7. The first-order chi connectivity index (χ1) is 18.5. The summed E-state index contributed by atoms with van der Waals surface area (Å²) in [5.41, 5.74) is 14.5. The number of ketones is 3. The third-order valence-electron chi connectivity index (χ3n) is 5.38. The molecule has 0 amide bonds. The average molecular weight is 548 g/mol. The molecule has 0 unspecified atom stereocenters. The lowest BCUT2D eigenvalue weighted by atomic mass is 9.91. The zero-order chi connectivity index (χ0) is 28.5. The first kappa shape index (κ1) is 26.2. The topological polar surface area (TPSA) is 253 Å². The van der Waals surface area contributed by atoms with Gasteiger partial charge in [0.15, 0.2) is 17.3 Å². The minimum atomic E-state index is -5.02. The number of fused-ring (bicyclic) bond motifs is 1. The Kier molecular flexibility index (Phi) is 6.67. The number of hydrogen-bond acceptors (Lipinski definition) is 11. The maximum Gasteiger partial charge on any atom is 0.339 e. The zero-order valence-electron chi connectivity index (χ0n) is 19.1. The number of azide groups is 2. The van der Waals surface area contributed by atoms with Gasteiger partial charge in [0, 0.05) is 26.5 Å². The van der Waals surface area contributed by atoms with Crippen molar-refractivity contribution in [2.75, 3.05) is 0 Å². The normalized spacial score (nSPS) is 12.7. The molecule has 0 saturated heterocycles. The minimum absolute atomic E-state index is 0.0469. The SMILES string of the molecule is [N-]=[N+]=NC1=C(N=[N+]=[N-])c2c(cccc2S(=O)(=O)Oc2ccc(C(=O)c3cccc(O)c3)c(O)c2O)C(=O)C1=O. The maximum atomic E-state index is 13.3. The van der Waals surface area contributed by atoms with Crippen LogP contribution in [0.25, 0.3) is 26.6 Å². The Morgan fingerprint density at radius 1 is 0.846 bits per heavy atom. The Balaban J connectivity index is 1.82. The maximum absolute atomic E-state index is 13.3. The molecule has 1 aliphatic carbocycles. The molecule has 4 rings (SSSR count). The number of carbonyl (C=O) groups is 3. The van der Waals surface area contributed by atoms with E-state index in [0.29, 0.717) is 0 Å². The number of allylic oxidation sites excluding steroid dienone is 1. The van der Waals surface area contributed by atoms with Crippen LogP contribution in [0, 0.1) is 0 Å². The fourth-order valence-electron chi connectivity index (χ4n) is 3.69. The van der Waals surface area contributed by atoms with Gasteiger partial charge >= 0.3 is 10.1 Å². The molecule has 0 heterocycles. The lowest BCUT2D eigenvalue weighted by molar-refractivity contribution is -0.111. The van der Waals surface area contributed by atoms with E-state index in [9.17, 15) is 38.1 Å². The van der Waals surface area contributed by atoms with Crippen LogP contribution in [0.3, 0.4) is 0 Å². The molecule has 1 aliphatic rings. The predicted molar refractivity (Wildman–Crippen MR) is 130 cm³/mol. The largest absolute Gasteiger partial charge is 0.508 e. The molecule has 0 spiro atoms. The van der Waals surface area contributed by atoms with Crippen molar-refractivity contribution in [3.05, 3.63) is 103 Å². The van der Waals surface area contributed by atoms with Crippen molar-refractivity contribution in [1.29, 1.82) is 0 Å². The summed E-state index contributed by atoms with van der Waals surface area (Å²) < 4.78 is 31.5. The molecule has 194 valence electrons. The van der Waals surface area contributed by atoms with Crippen molar-refractivity contribution < 1.29 is 42.3 Å². The zero-order valence-corrected chi connectivity index (χ0v) is 19.9. The Bertz CT molecular complexity index is 1850. The van der Waals surface area contributed by atoms with Gasteiger partial charge in [0.05, 0.1) is 17.0 Å². The third-order valence-corrected chi connectivity index (χ3v) is 6.66. The number of aromatic hydroxyl groups is 3. The van der Waals surface area contributed by atoms with E-state index in [1.807, 2.05) is 0 Å². The predicted octanol–water partition coefficient (Wildman–Crippen LogP) is 3.86. The summed E-state index contributed by atoms with van der Waals surface area (Å²) in [6.07, 6.45) is 0. The van der Waals surface area contributed by atoms with E-state index < -0.39 is 77.7 Å². The molecule has 0 fully saturated rings. The Morgan fingerprint density at radius 3 is 2.18 bits per heavy atom. The highest BCUT2D eigenvalue weighted by Crippen LogP contribution is 2.42. The number of phenolic OH excluding ortho intramolecular Hbond substituents is 3. The molecule has 3 aromatic carbocycles. The second-order valence-corrected chi connectivity index (χ2v) is 9.15. The van der Waals surface area contributed by atoms with E-state index in [0.717, 1.165) is 36.4 Å². The number of benzene rings is 3. The third kappa shape index (κ3) is 4.56. The number of hydrogen-bond donors (Lipinski definition) is 3. The lowest BCUT2D eigenvalue weighted by Crippen LogP contribution is -2.25. The van der Waals surface area contributed by atoms with E-state index in [1.54, 1.807) is 0 Å². The van der Waals surface area contributed by atoms with Crippen LogP contribution in [0.5, 0.6) is 23.0 Å². The second-order valence-electron chi connectivity index (χ2n) is 7.64. The van der Waals surface area contributed by atoms with Crippen molar-refractivity contribution in [2.24, 2.45) is 10.2 Å². The molecule has 3 N–H and O–H groups in total. The summed E-state index contributed by atoms with van der Waals surface area (Å²) in [6.45, 7) is 0. The second kappa shape index (κ2) is 9.91. The first-order valence-corrected chi connectivity index (χ1v) is 11.8. The van der Waals surface area contributed by atoms with Crippen molar-refractivity contribution in [1.82, 2.24) is 0 Å². The molecular weight excluding hydrogens is 536 g/mol. The number of phenols is 3. The summed E-state index contributed by atoms with van der Waals surface area (Å²) in [5, 5.41) is 36.7. The molecule has 16 heteroatoms. The van der Waals surface area contributed by atoms with Gasteiger partial charge in [-0.2, -0.15) is 8.42 Å². The van der Waals surface area contributed by atoms with E-state index in [4.69, 9.17) is 15.2 Å². The smallest absolute Gasteiger partial charge is 0.339 e. The van der Waals surface area contributed by atoms with E-state index >= 15 is 0 Å². The first-order valence-electron chi connectivity index (χ1n) is 10.4. The molecule has 39 heavy (non-hydrogen) atoms. The Hall–Kier alpha value is -5.82. The summed E-state index contributed by atoms with van der Waals surface area (Å²) in [7, 11) is -5.02. The standard InChI is InChI=1S/C23H12N6O9S/c24-28-26-17-16-12(20(32)23(35)18(17)27-29-25)5-2-6-15(16)39(36,37)38-14-8-7-13(21(33)22(14)34)19(31)10-3-1-4-11(30)9-10/h1-9,30,33-34H. The van der Waals surface area contributed by atoms with Crippen LogP contribution in [0.15, 0.2) is 75.4 Å². The molecule has 3 aromatic rings. The summed E-state index contributed by atoms with van der Waals surface area (Å²) in [6, 6.07) is 10.0. The van der Waals surface area contributed by atoms with E-state index in [2.05, 4.69) is 20.1 Å². The number of rotatable bonds is 7. The number of Topliss-reactive ketones (excluding diaryl/α,β-unsaturated/α-hetero) is 2. The number of nitrogens with zero attached hydrogens (tertiary/aromatic N) is 6. The molecule has 0 atom stereocenters. The molecular formula is C23H12N6O9S. The average Bonchev–Trinajstić information content (AvgIpc) is 2.91. The summed E-state index contributed by atoms with van der Waals surface area (Å²) in [5.74, 6) is -6.65. The van der Waals surface area contributed by atoms with Crippen LogP contribution in [-0.4, -0.2) is 41.1 Å². The van der Waals surface area contributed by atoms with Gasteiger partial charge in [-0.15, -0.1) is 0 Å². The highest BCUT2D eigenvalue weighted by molar-refractivity contribution is 7.87. The molecule has 0 bridgehead atoms. The van der Waals surface area contributed by atoms with Gasteiger partial charge in [-0.25, -0.2) is 0 Å². The Morgan fingerprint density at radius 2 is 1.51 bits per heavy atom. The van der Waals surface area contributed by atoms with Gasteiger partial charge in [-0.05, 0) is 41.4 Å². The van der Waals surface area contributed by atoms with E-state index in [-0.39, 0.29) is 11.3 Å².